The number of nitrogens with zero attached hydrogens (tertiary/aromatic N) is 3. The van der Waals surface area contributed by atoms with E-state index < -0.39 is 32.3 Å². The van der Waals surface area contributed by atoms with Crippen molar-refractivity contribution in [2.45, 2.75) is 26.2 Å². The fourth-order valence-corrected chi connectivity index (χ4v) is 3.89. The zero-order valence-corrected chi connectivity index (χ0v) is 17.9. The largest absolute Gasteiger partial charge is 0.493 e. The van der Waals surface area contributed by atoms with E-state index in [1.165, 1.54) is 18.2 Å². The van der Waals surface area contributed by atoms with Crippen molar-refractivity contribution in [1.82, 2.24) is 19.9 Å². The summed E-state index contributed by atoms with van der Waals surface area (Å²) >= 11 is 0. The van der Waals surface area contributed by atoms with Gasteiger partial charge in [-0.1, -0.05) is 0 Å². The molecule has 7 nitrogen and oxygen atoms in total. The van der Waals surface area contributed by atoms with Crippen LogP contribution in [0.2, 0.25) is 0 Å². The molecule has 1 fully saturated rings. The lowest BCUT2D eigenvalue weighted by molar-refractivity contribution is 0.254. The number of hydrogen-bond donors (Lipinski definition) is 1. The minimum Gasteiger partial charge on any atom is -0.493 e. The monoisotopic (exact) mass is 457 g/mol. The Morgan fingerprint density at radius 2 is 2.00 bits per heavy atom. The molecule has 3 heterocycles. The molecule has 8 heteroatoms. The van der Waals surface area contributed by atoms with Crippen molar-refractivity contribution in [2.75, 3.05) is 33.2 Å². The highest BCUT2D eigenvalue weighted by atomic mass is 19.1. The van der Waals surface area contributed by atoms with Gasteiger partial charge in [0.1, 0.15) is 6.33 Å². The van der Waals surface area contributed by atoms with Crippen LogP contribution in [0.1, 0.15) is 34.6 Å². The van der Waals surface area contributed by atoms with E-state index in [2.05, 4.69) is 15.0 Å². The lowest BCUT2D eigenvalue weighted by Crippen LogP contribution is -2.21. The first-order valence-electron chi connectivity index (χ1n) is 14.1. The van der Waals surface area contributed by atoms with Crippen LogP contribution in [0.3, 0.4) is 0 Å². The number of H-pyrrole nitrogens is 1. The third kappa shape index (κ3) is 4.43. The number of aryl methyl sites for hydroxylation is 1. The van der Waals surface area contributed by atoms with Crippen molar-refractivity contribution in [3.8, 4) is 23.1 Å². The first-order chi connectivity index (χ1) is 18.7. The second kappa shape index (κ2) is 9.23. The summed E-state index contributed by atoms with van der Waals surface area (Å²) in [6.45, 7) is -1.72. The van der Waals surface area contributed by atoms with Gasteiger partial charge in [0, 0.05) is 31.9 Å². The van der Waals surface area contributed by atoms with Gasteiger partial charge < -0.3 is 24.1 Å². The molecule has 0 aliphatic carbocycles. The lowest BCUT2D eigenvalue weighted by Gasteiger charge is -2.16. The number of fused-ring (bicyclic) bond motifs is 2. The summed E-state index contributed by atoms with van der Waals surface area (Å²) < 4.78 is 87.9. The van der Waals surface area contributed by atoms with E-state index in [1.807, 2.05) is 0 Å². The maximum Gasteiger partial charge on any atom is 0.230 e. The fourth-order valence-electron chi connectivity index (χ4n) is 3.89. The Hall–Kier alpha value is -3.39. The molecule has 1 N–H and O–H groups in total. The Kier molecular flexibility index (Phi) is 4.11. The first kappa shape index (κ1) is 14.7. The average Bonchev–Trinajstić information content (AvgIpc) is 3.50. The van der Waals surface area contributed by atoms with Crippen molar-refractivity contribution >= 4 is 21.8 Å². The molecule has 2 aromatic heterocycles. The van der Waals surface area contributed by atoms with Crippen molar-refractivity contribution in [1.29, 1.82) is 0 Å². The zero-order valence-electron chi connectivity index (χ0n) is 24.9. The summed E-state index contributed by atoms with van der Waals surface area (Å²) in [6.07, 6.45) is 2.15. The smallest absolute Gasteiger partial charge is 0.230 e. The predicted octanol–water partition coefficient (Wildman–Crippen LogP) is 5.22. The minimum absolute atomic E-state index is 0.0918. The molecule has 0 saturated carbocycles. The number of rotatable bonds is 8. The van der Waals surface area contributed by atoms with E-state index in [-0.39, 0.29) is 34.0 Å². The Morgan fingerprint density at radius 3 is 2.85 bits per heavy atom. The number of methoxy groups -OCH3 is 1. The van der Waals surface area contributed by atoms with Gasteiger partial charge in [0.25, 0.3) is 0 Å². The zero-order chi connectivity index (χ0) is 28.9. The number of aromatic nitrogens is 3. The molecule has 4 aromatic rings. The van der Waals surface area contributed by atoms with Crippen LogP contribution >= 0.6 is 0 Å². The molecule has 0 spiro atoms. The Bertz CT molecular complexity index is 1560. The highest BCUT2D eigenvalue weighted by Crippen LogP contribution is 2.37. The molecule has 0 bridgehead atoms. The van der Waals surface area contributed by atoms with Gasteiger partial charge in [0.15, 0.2) is 23.1 Å². The number of aromatic amines is 1. The van der Waals surface area contributed by atoms with Crippen LogP contribution in [0.5, 0.6) is 23.1 Å². The number of ether oxygens (including phenoxy) is 3. The van der Waals surface area contributed by atoms with E-state index in [4.69, 9.17) is 23.8 Å². The molecular weight excluding hydrogens is 423 g/mol. The minimum atomic E-state index is -2.93. The second-order valence-electron chi connectivity index (χ2n) is 7.77. The topological polar surface area (TPSA) is 72.5 Å². The molecule has 0 amide bonds. The SMILES string of the molecule is [2H]C([2H])([2H])Oc1cc2c(Oc3ccc4[nH]c(C)cc4c3F)ncnc2cc1OC([2H])([2H])CC([2H])([2H])N1CCCC1. The summed E-state index contributed by atoms with van der Waals surface area (Å²) in [5.41, 5.74) is 1.54. The second-order valence-corrected chi connectivity index (χ2v) is 7.77. The maximum absolute atomic E-state index is 15.2. The van der Waals surface area contributed by atoms with Gasteiger partial charge in [0.2, 0.25) is 5.88 Å². The quantitative estimate of drug-likeness (QED) is 0.391. The molecule has 1 saturated heterocycles. The van der Waals surface area contributed by atoms with Crippen LogP contribution in [-0.2, 0) is 0 Å². The van der Waals surface area contributed by atoms with Gasteiger partial charge in [-0.15, -0.1) is 0 Å². The summed E-state index contributed by atoms with van der Waals surface area (Å²) in [5.74, 6) is -1.50. The van der Waals surface area contributed by atoms with Gasteiger partial charge >= 0.3 is 0 Å². The predicted molar refractivity (Wildman–Crippen MR) is 125 cm³/mol. The molecule has 1 aliphatic heterocycles. The summed E-state index contributed by atoms with van der Waals surface area (Å²) in [5, 5.41) is 0.485. The lowest BCUT2D eigenvalue weighted by atomic mass is 10.2. The molecule has 2 aromatic carbocycles. The van der Waals surface area contributed by atoms with E-state index in [0.717, 1.165) is 24.9 Å². The third-order valence-electron chi connectivity index (χ3n) is 5.48. The highest BCUT2D eigenvalue weighted by Gasteiger charge is 2.17. The number of likely N-dealkylation sites (tertiary alicyclic amines) is 1. The number of benzene rings is 2. The highest BCUT2D eigenvalue weighted by molar-refractivity contribution is 5.87. The van der Waals surface area contributed by atoms with E-state index >= 15 is 4.39 Å². The summed E-state index contributed by atoms with van der Waals surface area (Å²) in [6, 6.07) is 7.20. The van der Waals surface area contributed by atoms with Crippen molar-refractivity contribution < 1.29 is 28.2 Å². The van der Waals surface area contributed by atoms with Crippen LogP contribution in [0.4, 0.5) is 4.39 Å². The molecule has 5 rings (SSSR count). The van der Waals surface area contributed by atoms with Gasteiger partial charge in [-0.25, -0.2) is 14.4 Å². The van der Waals surface area contributed by atoms with Crippen molar-refractivity contribution in [3.63, 3.8) is 0 Å². The third-order valence-corrected chi connectivity index (χ3v) is 5.48. The number of nitrogens with one attached hydrogen (secondary N) is 1. The summed E-state index contributed by atoms with van der Waals surface area (Å²) in [4.78, 5) is 12.8. The molecule has 1 aliphatic rings. The standard InChI is InChI=1S/C25H27FN4O3/c1-16-12-17-19(29-16)6-7-21(24(17)26)33-25-18-13-22(31-2)23(14-20(18)27-15-28-25)32-11-5-10-30-8-3-4-9-30/h6-7,12-15,29H,3-5,8-11H2,1-2H3/i2D3,10D2,11D2. The molecule has 0 atom stereocenters. The summed E-state index contributed by atoms with van der Waals surface area (Å²) in [7, 11) is -2.93. The molecule has 0 unspecified atom stereocenters. The Morgan fingerprint density at radius 1 is 1.12 bits per heavy atom. The van der Waals surface area contributed by atoms with E-state index in [0.29, 0.717) is 24.0 Å². The van der Waals surface area contributed by atoms with Crippen LogP contribution < -0.4 is 14.2 Å². The van der Waals surface area contributed by atoms with Crippen LogP contribution in [0.25, 0.3) is 21.8 Å². The van der Waals surface area contributed by atoms with Gasteiger partial charge in [-0.05, 0) is 63.5 Å². The van der Waals surface area contributed by atoms with Crippen molar-refractivity contribution in [2.24, 2.45) is 0 Å². The van der Waals surface area contributed by atoms with Crippen molar-refractivity contribution in [3.05, 3.63) is 48.2 Å². The van der Waals surface area contributed by atoms with E-state index in [9.17, 15) is 0 Å². The maximum atomic E-state index is 15.2. The van der Waals surface area contributed by atoms with Crippen LogP contribution in [-0.4, -0.2) is 53.0 Å². The van der Waals surface area contributed by atoms with Gasteiger partial charge in [-0.3, -0.25) is 0 Å². The average molecular weight is 458 g/mol. The fraction of sp³-hybridized carbons (Fsp3) is 0.360. The number of halogens is 1. The Labute approximate surface area is 201 Å². The molecule has 172 valence electrons. The first-order valence-corrected chi connectivity index (χ1v) is 10.6. The van der Waals surface area contributed by atoms with Gasteiger partial charge in [0.05, 0.1) is 31.4 Å². The molecule has 33 heavy (non-hydrogen) atoms. The van der Waals surface area contributed by atoms with Crippen LogP contribution in [0.15, 0.2) is 36.7 Å². The number of hydrogen-bond acceptors (Lipinski definition) is 6. The molecular formula is C25H27FN4O3. The van der Waals surface area contributed by atoms with E-state index in [1.54, 1.807) is 24.0 Å². The van der Waals surface area contributed by atoms with Crippen LogP contribution in [0, 0.1) is 12.7 Å². The Balaban J connectivity index is 1.51. The molecule has 0 radical (unpaired) electrons. The van der Waals surface area contributed by atoms with Gasteiger partial charge in [-0.2, -0.15) is 0 Å². The normalized spacial score (nSPS) is 18.7.